The van der Waals surface area contributed by atoms with Gasteiger partial charge in [-0.05, 0) is 71.1 Å². The highest BCUT2D eigenvalue weighted by Crippen LogP contribution is 2.30. The normalized spacial score (nSPS) is 10.5. The SMILES string of the molecule is O=C(Nc1c(Cl)cccc1Cl)c1ccc(COc2ccc(I)cc2)o1. The number of ether oxygens (including phenoxy) is 1. The molecule has 1 aromatic heterocycles. The topological polar surface area (TPSA) is 51.5 Å². The highest BCUT2D eigenvalue weighted by Gasteiger charge is 2.15. The van der Waals surface area contributed by atoms with Crippen molar-refractivity contribution in [1.29, 1.82) is 0 Å². The summed E-state index contributed by atoms with van der Waals surface area (Å²) in [6.07, 6.45) is 0. The Balaban J connectivity index is 1.64. The van der Waals surface area contributed by atoms with Gasteiger partial charge in [0.05, 0.1) is 15.7 Å². The summed E-state index contributed by atoms with van der Waals surface area (Å²) in [5.41, 5.74) is 0.351. The summed E-state index contributed by atoms with van der Waals surface area (Å²) in [6, 6.07) is 15.9. The van der Waals surface area contributed by atoms with E-state index >= 15 is 0 Å². The molecule has 0 saturated heterocycles. The lowest BCUT2D eigenvalue weighted by Gasteiger charge is -2.07. The van der Waals surface area contributed by atoms with E-state index in [0.29, 0.717) is 21.5 Å². The van der Waals surface area contributed by atoms with Crippen LogP contribution in [0.5, 0.6) is 5.75 Å². The molecule has 0 saturated carbocycles. The van der Waals surface area contributed by atoms with E-state index in [9.17, 15) is 4.79 Å². The second-order valence-electron chi connectivity index (χ2n) is 5.06. The summed E-state index contributed by atoms with van der Waals surface area (Å²) >= 11 is 14.3. The van der Waals surface area contributed by atoms with Gasteiger partial charge in [0.15, 0.2) is 5.76 Å². The lowest BCUT2D eigenvalue weighted by atomic mass is 10.3. The van der Waals surface area contributed by atoms with Crippen molar-refractivity contribution in [2.24, 2.45) is 0 Å². The van der Waals surface area contributed by atoms with Crippen molar-refractivity contribution >= 4 is 57.4 Å². The molecular weight excluding hydrogens is 476 g/mol. The van der Waals surface area contributed by atoms with Crippen LogP contribution in [0.3, 0.4) is 0 Å². The van der Waals surface area contributed by atoms with Gasteiger partial charge in [0.2, 0.25) is 0 Å². The molecule has 128 valence electrons. The summed E-state index contributed by atoms with van der Waals surface area (Å²) in [5.74, 6) is 0.979. The number of furan rings is 1. The predicted molar refractivity (Wildman–Crippen MR) is 107 cm³/mol. The molecule has 0 fully saturated rings. The van der Waals surface area contributed by atoms with Gasteiger partial charge in [-0.1, -0.05) is 29.3 Å². The molecule has 0 aliphatic rings. The molecule has 1 amide bonds. The Kier molecular flexibility index (Phi) is 5.88. The molecule has 0 aliphatic carbocycles. The van der Waals surface area contributed by atoms with Crippen LogP contribution in [-0.4, -0.2) is 5.91 Å². The maximum Gasteiger partial charge on any atom is 0.291 e. The van der Waals surface area contributed by atoms with Crippen LogP contribution >= 0.6 is 45.8 Å². The number of para-hydroxylation sites is 1. The second-order valence-corrected chi connectivity index (χ2v) is 7.12. The van der Waals surface area contributed by atoms with Crippen LogP contribution in [0, 0.1) is 3.57 Å². The van der Waals surface area contributed by atoms with Crippen molar-refractivity contribution in [1.82, 2.24) is 0 Å². The van der Waals surface area contributed by atoms with Gasteiger partial charge in [-0.15, -0.1) is 0 Å². The first-order valence-corrected chi connectivity index (χ1v) is 9.09. The fraction of sp³-hybridized carbons (Fsp3) is 0.0556. The van der Waals surface area contributed by atoms with Gasteiger partial charge in [-0.2, -0.15) is 0 Å². The van der Waals surface area contributed by atoms with Crippen molar-refractivity contribution in [2.75, 3.05) is 5.32 Å². The number of halogens is 3. The molecule has 3 aromatic rings. The van der Waals surface area contributed by atoms with Crippen LogP contribution in [0.15, 0.2) is 59.0 Å². The Bertz CT molecular complexity index is 873. The number of hydrogen-bond donors (Lipinski definition) is 1. The molecule has 0 spiro atoms. The van der Waals surface area contributed by atoms with E-state index in [1.54, 1.807) is 30.3 Å². The third kappa shape index (κ3) is 4.68. The molecule has 3 rings (SSSR count). The van der Waals surface area contributed by atoms with Crippen LogP contribution < -0.4 is 10.1 Å². The first kappa shape index (κ1) is 18.1. The number of nitrogens with one attached hydrogen (secondary N) is 1. The number of hydrogen-bond acceptors (Lipinski definition) is 3. The van der Waals surface area contributed by atoms with Crippen molar-refractivity contribution in [3.63, 3.8) is 0 Å². The lowest BCUT2D eigenvalue weighted by molar-refractivity contribution is 0.0992. The van der Waals surface area contributed by atoms with Crippen LogP contribution in [0.25, 0.3) is 0 Å². The van der Waals surface area contributed by atoms with E-state index in [0.717, 1.165) is 9.32 Å². The smallest absolute Gasteiger partial charge is 0.291 e. The molecule has 25 heavy (non-hydrogen) atoms. The molecule has 4 nitrogen and oxygen atoms in total. The van der Waals surface area contributed by atoms with E-state index in [4.69, 9.17) is 32.4 Å². The number of anilines is 1. The molecule has 0 unspecified atom stereocenters. The zero-order valence-corrected chi connectivity index (χ0v) is 16.4. The van der Waals surface area contributed by atoms with Gasteiger partial charge >= 0.3 is 0 Å². The highest BCUT2D eigenvalue weighted by molar-refractivity contribution is 14.1. The third-order valence-electron chi connectivity index (χ3n) is 3.28. The van der Waals surface area contributed by atoms with E-state index in [2.05, 4.69) is 27.9 Å². The number of carbonyl (C=O) groups excluding carboxylic acids is 1. The van der Waals surface area contributed by atoms with Gasteiger partial charge in [-0.25, -0.2) is 0 Å². The fourth-order valence-corrected chi connectivity index (χ4v) is 2.91. The summed E-state index contributed by atoms with van der Waals surface area (Å²) in [6.45, 7) is 0.223. The number of rotatable bonds is 5. The first-order chi connectivity index (χ1) is 12.0. The Morgan fingerprint density at radius 3 is 2.40 bits per heavy atom. The molecule has 2 aromatic carbocycles. The number of carbonyl (C=O) groups is 1. The van der Waals surface area contributed by atoms with Crippen LogP contribution in [0.2, 0.25) is 10.0 Å². The van der Waals surface area contributed by atoms with Crippen molar-refractivity contribution in [3.05, 3.63) is 79.7 Å². The summed E-state index contributed by atoms with van der Waals surface area (Å²) in [7, 11) is 0. The third-order valence-corrected chi connectivity index (χ3v) is 4.63. The van der Waals surface area contributed by atoms with Gasteiger partial charge in [0.1, 0.15) is 18.1 Å². The van der Waals surface area contributed by atoms with Gasteiger partial charge in [0, 0.05) is 3.57 Å². The molecule has 0 atom stereocenters. The maximum atomic E-state index is 12.3. The van der Waals surface area contributed by atoms with Gasteiger partial charge in [-0.3, -0.25) is 4.79 Å². The minimum absolute atomic E-state index is 0.150. The Hall–Kier alpha value is -1.70. The zero-order chi connectivity index (χ0) is 17.8. The quantitative estimate of drug-likeness (QED) is 0.447. The monoisotopic (exact) mass is 487 g/mol. The van der Waals surface area contributed by atoms with Crippen LogP contribution in [-0.2, 0) is 6.61 Å². The van der Waals surface area contributed by atoms with E-state index < -0.39 is 5.91 Å². The largest absolute Gasteiger partial charge is 0.486 e. The van der Waals surface area contributed by atoms with Crippen molar-refractivity contribution in [2.45, 2.75) is 6.61 Å². The Morgan fingerprint density at radius 2 is 1.72 bits per heavy atom. The van der Waals surface area contributed by atoms with Crippen LogP contribution in [0.4, 0.5) is 5.69 Å². The minimum Gasteiger partial charge on any atom is -0.486 e. The summed E-state index contributed by atoms with van der Waals surface area (Å²) < 4.78 is 12.3. The standard InChI is InChI=1S/C18H12Cl2INO3/c19-14-2-1-3-15(20)17(14)22-18(23)16-9-8-13(25-16)10-24-12-6-4-11(21)5-7-12/h1-9H,10H2,(H,22,23). The lowest BCUT2D eigenvalue weighted by Crippen LogP contribution is -2.11. The molecule has 0 radical (unpaired) electrons. The summed E-state index contributed by atoms with van der Waals surface area (Å²) in [4.78, 5) is 12.3. The van der Waals surface area contributed by atoms with E-state index in [-0.39, 0.29) is 12.4 Å². The molecule has 7 heteroatoms. The molecule has 0 bridgehead atoms. The van der Waals surface area contributed by atoms with Crippen molar-refractivity contribution < 1.29 is 13.9 Å². The summed E-state index contributed by atoms with van der Waals surface area (Å²) in [5, 5.41) is 3.36. The molecule has 1 heterocycles. The van der Waals surface area contributed by atoms with Crippen LogP contribution in [0.1, 0.15) is 16.3 Å². The Morgan fingerprint density at radius 1 is 1.04 bits per heavy atom. The second kappa shape index (κ2) is 8.12. The molecule has 1 N–H and O–H groups in total. The van der Waals surface area contributed by atoms with E-state index in [1.165, 1.54) is 0 Å². The van der Waals surface area contributed by atoms with E-state index in [1.807, 2.05) is 24.3 Å². The highest BCUT2D eigenvalue weighted by atomic mass is 127. The number of benzene rings is 2. The predicted octanol–water partition coefficient (Wildman–Crippen LogP) is 6.02. The zero-order valence-electron chi connectivity index (χ0n) is 12.8. The Labute approximate surface area is 168 Å². The first-order valence-electron chi connectivity index (χ1n) is 7.25. The minimum atomic E-state index is -0.435. The average Bonchev–Trinajstić information content (AvgIpc) is 3.07. The van der Waals surface area contributed by atoms with Gasteiger partial charge in [0.25, 0.3) is 5.91 Å². The van der Waals surface area contributed by atoms with Crippen molar-refractivity contribution in [3.8, 4) is 5.75 Å². The maximum absolute atomic E-state index is 12.3. The molecular formula is C18H12Cl2INO3. The number of amides is 1. The molecule has 0 aliphatic heterocycles. The average molecular weight is 488 g/mol. The fourth-order valence-electron chi connectivity index (χ4n) is 2.06. The van der Waals surface area contributed by atoms with Gasteiger partial charge < -0.3 is 14.5 Å².